The van der Waals surface area contributed by atoms with Gasteiger partial charge in [-0.3, -0.25) is 14.5 Å². The average molecular weight is 445 g/mol. The summed E-state index contributed by atoms with van der Waals surface area (Å²) in [6, 6.07) is 22.3. The number of anilines is 2. The zero-order valence-electron chi connectivity index (χ0n) is 18.7. The molecule has 0 atom stereocenters. The first-order chi connectivity index (χ1) is 16.0. The van der Waals surface area contributed by atoms with Crippen LogP contribution in [0.2, 0.25) is 0 Å². The Morgan fingerprint density at radius 1 is 0.879 bits per heavy atom. The van der Waals surface area contributed by atoms with Crippen molar-refractivity contribution in [3.8, 4) is 5.75 Å². The number of nitrogens with one attached hydrogen (secondary N) is 1. The molecule has 1 aliphatic rings. The van der Waals surface area contributed by atoms with Crippen LogP contribution in [-0.4, -0.2) is 50.0 Å². The topological polar surface area (TPSA) is 87.9 Å². The number of nitrogens with zero attached hydrogens (tertiary/aromatic N) is 2. The molecule has 3 N–H and O–H groups in total. The number of hydrogen-bond donors (Lipinski definition) is 2. The Bertz CT molecular complexity index is 1110. The number of carbonyl (C=O) groups is 2. The smallest absolute Gasteiger partial charge is 0.255 e. The van der Waals surface area contributed by atoms with Crippen molar-refractivity contribution in [3.63, 3.8) is 0 Å². The molecule has 1 saturated heterocycles. The fourth-order valence-electron chi connectivity index (χ4n) is 3.98. The van der Waals surface area contributed by atoms with E-state index in [0.29, 0.717) is 16.8 Å². The zero-order valence-corrected chi connectivity index (χ0v) is 18.7. The summed E-state index contributed by atoms with van der Waals surface area (Å²) in [6.07, 6.45) is 0. The standard InChI is InChI=1S/C26H28N4O3/c1-33-24-5-3-2-4-23(24)30-16-14-29(15-17-30)18-19-6-8-21(9-7-19)26(32)28-22-12-10-20(11-13-22)25(27)31/h2-13H,14-18H2,1H3,(H2,27,31)(H,28,32). The van der Waals surface area contributed by atoms with Gasteiger partial charge in [-0.05, 0) is 54.1 Å². The Labute approximate surface area is 193 Å². The fourth-order valence-corrected chi connectivity index (χ4v) is 3.98. The van der Waals surface area contributed by atoms with Gasteiger partial charge in [0.05, 0.1) is 12.8 Å². The van der Waals surface area contributed by atoms with E-state index < -0.39 is 5.91 Å². The molecular formula is C26H28N4O3. The molecule has 1 heterocycles. The summed E-state index contributed by atoms with van der Waals surface area (Å²) in [5.41, 5.74) is 9.15. The number of nitrogens with two attached hydrogens (primary N) is 1. The molecule has 0 bridgehead atoms. The highest BCUT2D eigenvalue weighted by Gasteiger charge is 2.19. The van der Waals surface area contributed by atoms with Gasteiger partial charge in [-0.1, -0.05) is 24.3 Å². The number of methoxy groups -OCH3 is 1. The largest absolute Gasteiger partial charge is 0.495 e. The van der Waals surface area contributed by atoms with Gasteiger partial charge >= 0.3 is 0 Å². The van der Waals surface area contributed by atoms with E-state index >= 15 is 0 Å². The van der Waals surface area contributed by atoms with Crippen molar-refractivity contribution in [3.05, 3.63) is 89.5 Å². The van der Waals surface area contributed by atoms with Crippen LogP contribution in [0.1, 0.15) is 26.3 Å². The summed E-state index contributed by atoms with van der Waals surface area (Å²) in [6.45, 7) is 4.64. The Balaban J connectivity index is 1.30. The minimum absolute atomic E-state index is 0.196. The lowest BCUT2D eigenvalue weighted by atomic mass is 10.1. The van der Waals surface area contributed by atoms with Crippen molar-refractivity contribution < 1.29 is 14.3 Å². The number of hydrogen-bond acceptors (Lipinski definition) is 5. The first-order valence-electron chi connectivity index (χ1n) is 10.9. The number of piperazine rings is 1. The van der Waals surface area contributed by atoms with E-state index in [4.69, 9.17) is 10.5 Å². The number of amides is 2. The maximum Gasteiger partial charge on any atom is 0.255 e. The predicted molar refractivity (Wildman–Crippen MR) is 130 cm³/mol. The van der Waals surface area contributed by atoms with Gasteiger partial charge in [0.25, 0.3) is 5.91 Å². The molecular weight excluding hydrogens is 416 g/mol. The third-order valence-electron chi connectivity index (χ3n) is 5.85. The molecule has 7 nitrogen and oxygen atoms in total. The van der Waals surface area contributed by atoms with Crippen LogP contribution in [0.15, 0.2) is 72.8 Å². The molecule has 0 aliphatic carbocycles. The molecule has 1 fully saturated rings. The molecule has 3 aromatic carbocycles. The Kier molecular flexibility index (Phi) is 6.90. The van der Waals surface area contributed by atoms with Crippen LogP contribution in [0.4, 0.5) is 11.4 Å². The number of primary amides is 1. The molecule has 0 unspecified atom stereocenters. The molecule has 170 valence electrons. The lowest BCUT2D eigenvalue weighted by molar-refractivity contribution is 0.0998. The van der Waals surface area contributed by atoms with E-state index in [0.717, 1.165) is 44.2 Å². The molecule has 0 spiro atoms. The van der Waals surface area contributed by atoms with Crippen molar-refractivity contribution in [2.24, 2.45) is 5.73 Å². The SMILES string of the molecule is COc1ccccc1N1CCN(Cc2ccc(C(=O)Nc3ccc(C(N)=O)cc3)cc2)CC1. The van der Waals surface area contributed by atoms with Gasteiger partial charge < -0.3 is 20.7 Å². The maximum absolute atomic E-state index is 12.5. The van der Waals surface area contributed by atoms with Crippen molar-refractivity contribution in [1.29, 1.82) is 0 Å². The lowest BCUT2D eigenvalue weighted by Gasteiger charge is -2.36. The summed E-state index contributed by atoms with van der Waals surface area (Å²) < 4.78 is 5.50. The van der Waals surface area contributed by atoms with Gasteiger partial charge in [0.1, 0.15) is 5.75 Å². The van der Waals surface area contributed by atoms with Crippen LogP contribution in [0.5, 0.6) is 5.75 Å². The van der Waals surface area contributed by atoms with Gasteiger partial charge in [-0.2, -0.15) is 0 Å². The molecule has 4 rings (SSSR count). The number of carbonyl (C=O) groups excluding carboxylic acids is 2. The number of benzene rings is 3. The second kappa shape index (κ2) is 10.2. The summed E-state index contributed by atoms with van der Waals surface area (Å²) in [5.74, 6) is 0.215. The molecule has 3 aromatic rings. The molecule has 33 heavy (non-hydrogen) atoms. The van der Waals surface area contributed by atoms with Gasteiger partial charge in [-0.25, -0.2) is 0 Å². The second-order valence-corrected chi connectivity index (χ2v) is 8.03. The lowest BCUT2D eigenvalue weighted by Crippen LogP contribution is -2.46. The maximum atomic E-state index is 12.5. The third kappa shape index (κ3) is 5.51. The third-order valence-corrected chi connectivity index (χ3v) is 5.85. The first-order valence-corrected chi connectivity index (χ1v) is 10.9. The van der Waals surface area contributed by atoms with Crippen LogP contribution < -0.4 is 20.7 Å². The Morgan fingerprint density at radius 2 is 1.52 bits per heavy atom. The summed E-state index contributed by atoms with van der Waals surface area (Å²) in [7, 11) is 1.71. The fraction of sp³-hybridized carbons (Fsp3) is 0.231. The van der Waals surface area contributed by atoms with Crippen LogP contribution in [0.25, 0.3) is 0 Å². The van der Waals surface area contributed by atoms with Crippen LogP contribution in [-0.2, 0) is 6.54 Å². The van der Waals surface area contributed by atoms with Gasteiger partial charge in [0.15, 0.2) is 0 Å². The van der Waals surface area contributed by atoms with Crippen molar-refractivity contribution in [2.45, 2.75) is 6.54 Å². The van der Waals surface area contributed by atoms with Crippen molar-refractivity contribution in [1.82, 2.24) is 4.90 Å². The van der Waals surface area contributed by atoms with E-state index in [-0.39, 0.29) is 5.91 Å². The molecule has 2 amide bonds. The van der Waals surface area contributed by atoms with Gasteiger partial charge in [0.2, 0.25) is 5.91 Å². The quantitative estimate of drug-likeness (QED) is 0.583. The average Bonchev–Trinajstić information content (AvgIpc) is 2.85. The number of rotatable bonds is 7. The van der Waals surface area contributed by atoms with E-state index in [1.54, 1.807) is 31.4 Å². The normalized spacial score (nSPS) is 14.0. The highest BCUT2D eigenvalue weighted by Crippen LogP contribution is 2.28. The summed E-state index contributed by atoms with van der Waals surface area (Å²) >= 11 is 0. The van der Waals surface area contributed by atoms with E-state index in [1.807, 2.05) is 42.5 Å². The summed E-state index contributed by atoms with van der Waals surface area (Å²) in [4.78, 5) is 28.5. The van der Waals surface area contributed by atoms with E-state index in [1.165, 1.54) is 5.56 Å². The van der Waals surface area contributed by atoms with E-state index in [9.17, 15) is 9.59 Å². The number of para-hydroxylation sites is 2. The minimum atomic E-state index is -0.496. The monoisotopic (exact) mass is 444 g/mol. The van der Waals surface area contributed by atoms with Gasteiger partial charge in [-0.15, -0.1) is 0 Å². The van der Waals surface area contributed by atoms with Crippen LogP contribution >= 0.6 is 0 Å². The summed E-state index contributed by atoms with van der Waals surface area (Å²) in [5, 5.41) is 2.84. The molecule has 7 heteroatoms. The van der Waals surface area contributed by atoms with Crippen molar-refractivity contribution >= 4 is 23.2 Å². The highest BCUT2D eigenvalue weighted by atomic mass is 16.5. The molecule has 0 saturated carbocycles. The second-order valence-electron chi connectivity index (χ2n) is 8.03. The van der Waals surface area contributed by atoms with Gasteiger partial charge in [0, 0.05) is 49.5 Å². The Hall–Kier alpha value is -3.84. The van der Waals surface area contributed by atoms with Crippen molar-refractivity contribution in [2.75, 3.05) is 43.5 Å². The number of ether oxygens (including phenoxy) is 1. The zero-order chi connectivity index (χ0) is 23.2. The predicted octanol–water partition coefficient (Wildman–Crippen LogP) is 3.37. The Morgan fingerprint density at radius 3 is 2.15 bits per heavy atom. The van der Waals surface area contributed by atoms with Crippen LogP contribution in [0.3, 0.4) is 0 Å². The highest BCUT2D eigenvalue weighted by molar-refractivity contribution is 6.04. The van der Waals surface area contributed by atoms with Crippen LogP contribution in [0, 0.1) is 0 Å². The molecule has 0 radical (unpaired) electrons. The molecule has 0 aromatic heterocycles. The first kappa shape index (κ1) is 22.4. The molecule has 1 aliphatic heterocycles. The van der Waals surface area contributed by atoms with E-state index in [2.05, 4.69) is 21.2 Å². The minimum Gasteiger partial charge on any atom is -0.495 e.